The fourth-order valence-electron chi connectivity index (χ4n) is 3.49. The molecule has 0 saturated carbocycles. The van der Waals surface area contributed by atoms with Crippen LogP contribution in [-0.2, 0) is 24.3 Å². The number of rotatable bonds is 5. The molecule has 1 atom stereocenters. The number of hydrogen-bond donors (Lipinski definition) is 1. The van der Waals surface area contributed by atoms with E-state index in [0.29, 0.717) is 6.54 Å². The summed E-state index contributed by atoms with van der Waals surface area (Å²) in [5.41, 5.74) is 3.78. The number of benzene rings is 1. The first-order valence-corrected chi connectivity index (χ1v) is 9.25. The van der Waals surface area contributed by atoms with Gasteiger partial charge in [-0.05, 0) is 36.6 Å². The average molecular weight is 361 g/mol. The third kappa shape index (κ3) is 3.69. The van der Waals surface area contributed by atoms with Gasteiger partial charge in [0.1, 0.15) is 11.9 Å². The van der Waals surface area contributed by atoms with E-state index in [2.05, 4.69) is 44.6 Å². The molecule has 27 heavy (non-hydrogen) atoms. The Morgan fingerprint density at radius 3 is 2.81 bits per heavy atom. The minimum atomic E-state index is -0.345. The molecule has 6 heteroatoms. The molecule has 4 rings (SSSR count). The molecule has 0 fully saturated rings. The van der Waals surface area contributed by atoms with Gasteiger partial charge in [0.15, 0.2) is 0 Å². The smallest absolute Gasteiger partial charge is 0.244 e. The molecule has 6 nitrogen and oxygen atoms in total. The molecular weight excluding hydrogens is 338 g/mol. The van der Waals surface area contributed by atoms with Crippen molar-refractivity contribution in [3.05, 3.63) is 77.7 Å². The van der Waals surface area contributed by atoms with E-state index < -0.39 is 0 Å². The maximum absolute atomic E-state index is 12.5. The summed E-state index contributed by atoms with van der Waals surface area (Å²) in [6.45, 7) is 4.07. The third-order valence-corrected chi connectivity index (χ3v) is 5.05. The van der Waals surface area contributed by atoms with Crippen LogP contribution in [0.4, 0.5) is 5.82 Å². The largest absolute Gasteiger partial charge is 0.352 e. The Balaban J connectivity index is 1.46. The van der Waals surface area contributed by atoms with E-state index in [1.165, 1.54) is 11.1 Å². The fourth-order valence-corrected chi connectivity index (χ4v) is 3.49. The molecule has 0 saturated heterocycles. The van der Waals surface area contributed by atoms with Crippen LogP contribution in [-0.4, -0.2) is 27.2 Å². The Morgan fingerprint density at radius 1 is 1.15 bits per heavy atom. The predicted octanol–water partition coefficient (Wildman–Crippen LogP) is 2.72. The first kappa shape index (κ1) is 17.3. The molecule has 1 N–H and O–H groups in total. The van der Waals surface area contributed by atoms with Gasteiger partial charge in [-0.25, -0.2) is 4.98 Å². The summed E-state index contributed by atoms with van der Waals surface area (Å²) >= 11 is 0. The molecule has 1 amide bonds. The van der Waals surface area contributed by atoms with Crippen molar-refractivity contribution in [3.63, 3.8) is 0 Å². The minimum Gasteiger partial charge on any atom is -0.352 e. The lowest BCUT2D eigenvalue weighted by atomic mass is 9.99. The van der Waals surface area contributed by atoms with E-state index in [4.69, 9.17) is 0 Å². The van der Waals surface area contributed by atoms with Crippen LogP contribution in [0.15, 0.2) is 61.1 Å². The number of carbonyl (C=O) groups is 1. The quantitative estimate of drug-likeness (QED) is 0.759. The van der Waals surface area contributed by atoms with Crippen molar-refractivity contribution in [2.45, 2.75) is 32.5 Å². The van der Waals surface area contributed by atoms with E-state index in [1.807, 2.05) is 31.3 Å². The highest BCUT2D eigenvalue weighted by atomic mass is 16.2. The number of nitrogens with one attached hydrogen (secondary N) is 1. The summed E-state index contributed by atoms with van der Waals surface area (Å²) in [4.78, 5) is 19.4. The average Bonchev–Trinajstić information content (AvgIpc) is 3.26. The maximum atomic E-state index is 12.5. The van der Waals surface area contributed by atoms with Gasteiger partial charge in [-0.15, -0.1) is 0 Å². The topological polar surface area (TPSA) is 63.1 Å². The number of fused-ring (bicyclic) bond motifs is 1. The summed E-state index contributed by atoms with van der Waals surface area (Å²) in [6.07, 6.45) is 6.30. The summed E-state index contributed by atoms with van der Waals surface area (Å²) < 4.78 is 1.65. The molecule has 0 bridgehead atoms. The first-order chi connectivity index (χ1) is 13.2. The van der Waals surface area contributed by atoms with Crippen LogP contribution in [0, 0.1) is 0 Å². The monoisotopic (exact) mass is 361 g/mol. The van der Waals surface area contributed by atoms with Crippen LogP contribution >= 0.6 is 0 Å². The van der Waals surface area contributed by atoms with E-state index in [-0.39, 0.29) is 11.9 Å². The number of carbonyl (C=O) groups excluding carboxylic acids is 1. The molecule has 3 aromatic rings. The lowest BCUT2D eigenvalue weighted by molar-refractivity contribution is -0.124. The fraction of sp³-hybridized carbons (Fsp3) is 0.286. The Labute approximate surface area is 158 Å². The third-order valence-electron chi connectivity index (χ3n) is 5.05. The SMILES string of the molecule is CC(C(=O)NCc1cccnc1N1CCc2ccccc2C1)n1cccn1. The van der Waals surface area contributed by atoms with Crippen molar-refractivity contribution >= 4 is 11.7 Å². The molecule has 1 aromatic carbocycles. The number of pyridine rings is 1. The van der Waals surface area contributed by atoms with Gasteiger partial charge in [0, 0.05) is 43.8 Å². The van der Waals surface area contributed by atoms with Crippen molar-refractivity contribution < 1.29 is 4.79 Å². The first-order valence-electron chi connectivity index (χ1n) is 9.25. The van der Waals surface area contributed by atoms with Crippen molar-refractivity contribution in [2.75, 3.05) is 11.4 Å². The standard InChI is InChI=1S/C21H23N5O/c1-16(26-12-5-11-24-26)21(27)23-14-18-8-4-10-22-20(18)25-13-9-17-6-2-3-7-19(17)15-25/h2-8,10-12,16H,9,13-15H2,1H3,(H,23,27). The molecule has 1 aliphatic heterocycles. The Hall–Kier alpha value is -3.15. The molecular formula is C21H23N5O. The van der Waals surface area contributed by atoms with E-state index in [1.54, 1.807) is 17.1 Å². The van der Waals surface area contributed by atoms with Gasteiger partial charge in [0.2, 0.25) is 5.91 Å². The van der Waals surface area contributed by atoms with Gasteiger partial charge in [-0.1, -0.05) is 30.3 Å². The Kier molecular flexibility index (Phi) is 4.87. The van der Waals surface area contributed by atoms with Crippen LogP contribution in [0.2, 0.25) is 0 Å². The molecule has 3 heterocycles. The number of anilines is 1. The van der Waals surface area contributed by atoms with E-state index in [9.17, 15) is 4.79 Å². The van der Waals surface area contributed by atoms with E-state index >= 15 is 0 Å². The highest BCUT2D eigenvalue weighted by Gasteiger charge is 2.20. The maximum Gasteiger partial charge on any atom is 0.244 e. The summed E-state index contributed by atoms with van der Waals surface area (Å²) in [7, 11) is 0. The van der Waals surface area contributed by atoms with Gasteiger partial charge < -0.3 is 10.2 Å². The lowest BCUT2D eigenvalue weighted by Gasteiger charge is -2.31. The van der Waals surface area contributed by atoms with Gasteiger partial charge in [-0.2, -0.15) is 5.10 Å². The Bertz CT molecular complexity index is 922. The molecule has 0 aliphatic carbocycles. The van der Waals surface area contributed by atoms with Crippen molar-refractivity contribution in [1.29, 1.82) is 0 Å². The van der Waals surface area contributed by atoms with Crippen LogP contribution in [0.5, 0.6) is 0 Å². The number of hydrogen-bond acceptors (Lipinski definition) is 4. The highest BCUT2D eigenvalue weighted by Crippen LogP contribution is 2.25. The van der Waals surface area contributed by atoms with Gasteiger partial charge in [-0.3, -0.25) is 9.48 Å². The Morgan fingerprint density at radius 2 is 2.00 bits per heavy atom. The normalized spacial score (nSPS) is 14.5. The van der Waals surface area contributed by atoms with Crippen LogP contribution in [0.1, 0.15) is 29.7 Å². The molecule has 0 spiro atoms. The van der Waals surface area contributed by atoms with Crippen LogP contribution in [0.3, 0.4) is 0 Å². The molecule has 1 aliphatic rings. The number of aromatic nitrogens is 3. The zero-order valence-corrected chi connectivity index (χ0v) is 15.4. The van der Waals surface area contributed by atoms with E-state index in [0.717, 1.165) is 30.9 Å². The minimum absolute atomic E-state index is 0.0579. The zero-order valence-electron chi connectivity index (χ0n) is 15.4. The predicted molar refractivity (Wildman–Crippen MR) is 104 cm³/mol. The second-order valence-corrected chi connectivity index (χ2v) is 6.81. The molecule has 0 radical (unpaired) electrons. The second kappa shape index (κ2) is 7.61. The lowest BCUT2D eigenvalue weighted by Crippen LogP contribution is -2.34. The van der Waals surface area contributed by atoms with Crippen LogP contribution < -0.4 is 10.2 Å². The van der Waals surface area contributed by atoms with Crippen molar-refractivity contribution in [1.82, 2.24) is 20.1 Å². The highest BCUT2D eigenvalue weighted by molar-refractivity contribution is 5.79. The summed E-state index contributed by atoms with van der Waals surface area (Å²) in [5.74, 6) is 0.886. The second-order valence-electron chi connectivity index (χ2n) is 6.81. The molecule has 2 aromatic heterocycles. The summed E-state index contributed by atoms with van der Waals surface area (Å²) in [6, 6.07) is 14.0. The number of nitrogens with zero attached hydrogens (tertiary/aromatic N) is 4. The number of amides is 1. The van der Waals surface area contributed by atoms with Gasteiger partial charge >= 0.3 is 0 Å². The van der Waals surface area contributed by atoms with Crippen molar-refractivity contribution in [3.8, 4) is 0 Å². The molecule has 1 unspecified atom stereocenters. The van der Waals surface area contributed by atoms with Gasteiger partial charge in [0.05, 0.1) is 0 Å². The zero-order chi connectivity index (χ0) is 18.6. The van der Waals surface area contributed by atoms with Crippen molar-refractivity contribution in [2.24, 2.45) is 0 Å². The van der Waals surface area contributed by atoms with Gasteiger partial charge in [0.25, 0.3) is 0 Å². The van der Waals surface area contributed by atoms with Crippen LogP contribution in [0.25, 0.3) is 0 Å². The molecule has 138 valence electrons. The summed E-state index contributed by atoms with van der Waals surface area (Å²) in [5, 5.41) is 7.16.